The van der Waals surface area contributed by atoms with E-state index in [0.717, 1.165) is 12.8 Å². The lowest BCUT2D eigenvalue weighted by Gasteiger charge is -1.97. The fraction of sp³-hybridized carbons (Fsp3) is 0.833. The summed E-state index contributed by atoms with van der Waals surface area (Å²) < 4.78 is 0. The van der Waals surface area contributed by atoms with Crippen molar-refractivity contribution in [2.75, 3.05) is 0 Å². The van der Waals surface area contributed by atoms with Gasteiger partial charge in [-0.2, -0.15) is 0 Å². The van der Waals surface area contributed by atoms with E-state index in [4.69, 9.17) is 10.2 Å². The molecule has 0 saturated carbocycles. The molecule has 0 fully saturated rings. The van der Waals surface area contributed by atoms with Crippen LogP contribution in [0.5, 0.6) is 0 Å². The van der Waals surface area contributed by atoms with E-state index in [1.165, 1.54) is 0 Å². The van der Waals surface area contributed by atoms with Gasteiger partial charge in [0, 0.05) is 12.8 Å². The molecule has 0 heterocycles. The number of carboxylic acid groups (broad SMARTS) is 2. The Morgan fingerprint density at radius 1 is 0.812 bits per heavy atom. The van der Waals surface area contributed by atoms with Gasteiger partial charge in [0.1, 0.15) is 0 Å². The fourth-order valence-corrected chi connectivity index (χ4v) is 0.824. The van der Waals surface area contributed by atoms with Crippen LogP contribution < -0.4 is 0 Å². The Morgan fingerprint density at radius 3 is 1.12 bits per heavy atom. The van der Waals surface area contributed by atoms with Crippen molar-refractivity contribution >= 4 is 11.9 Å². The predicted molar refractivity (Wildman–Crippen MR) is 63.4 cm³/mol. The Bertz CT molecular complexity index is 175. The van der Waals surface area contributed by atoms with Crippen LogP contribution in [0.15, 0.2) is 0 Å². The van der Waals surface area contributed by atoms with Crippen LogP contribution in [0.1, 0.15) is 53.4 Å². The standard InChI is InChI=1S/2C6H12O2/c2*1-5(2)3-4-6(7)8/h2*5H,3-4H2,1-2H3,(H,7,8). The highest BCUT2D eigenvalue weighted by Crippen LogP contribution is 2.02. The lowest BCUT2D eigenvalue weighted by molar-refractivity contribution is -0.138. The molecule has 4 nitrogen and oxygen atoms in total. The molecule has 0 aliphatic carbocycles. The molecule has 0 aromatic heterocycles. The first-order valence-corrected chi connectivity index (χ1v) is 5.69. The molecule has 2 N–H and O–H groups in total. The van der Waals surface area contributed by atoms with Gasteiger partial charge in [-0.05, 0) is 24.7 Å². The van der Waals surface area contributed by atoms with Gasteiger partial charge in [0.2, 0.25) is 0 Å². The number of aliphatic carboxylic acids is 2. The van der Waals surface area contributed by atoms with Crippen molar-refractivity contribution in [2.24, 2.45) is 11.8 Å². The lowest BCUT2D eigenvalue weighted by Crippen LogP contribution is -1.97. The molecule has 4 heteroatoms. The van der Waals surface area contributed by atoms with Crippen LogP contribution in [0.25, 0.3) is 0 Å². The second-order valence-electron chi connectivity index (χ2n) is 4.65. The minimum absolute atomic E-state index is 0.303. The summed E-state index contributed by atoms with van der Waals surface area (Å²) in [5.74, 6) is -0.380. The highest BCUT2D eigenvalue weighted by molar-refractivity contribution is 5.66. The van der Waals surface area contributed by atoms with Gasteiger partial charge in [0.25, 0.3) is 0 Å². The minimum Gasteiger partial charge on any atom is -0.481 e. The topological polar surface area (TPSA) is 74.6 Å². The van der Waals surface area contributed by atoms with Crippen molar-refractivity contribution in [1.29, 1.82) is 0 Å². The molecule has 0 aromatic carbocycles. The Hall–Kier alpha value is -1.06. The van der Waals surface area contributed by atoms with Gasteiger partial charge < -0.3 is 10.2 Å². The quantitative estimate of drug-likeness (QED) is 0.738. The average molecular weight is 232 g/mol. The lowest BCUT2D eigenvalue weighted by atomic mass is 10.1. The normalized spacial score (nSPS) is 9.88. The average Bonchev–Trinajstić information content (AvgIpc) is 2.12. The van der Waals surface area contributed by atoms with Crippen molar-refractivity contribution in [3.8, 4) is 0 Å². The monoisotopic (exact) mass is 232 g/mol. The summed E-state index contributed by atoms with van der Waals surface area (Å²) in [5.41, 5.74) is 0. The van der Waals surface area contributed by atoms with Gasteiger partial charge in [-0.25, -0.2) is 0 Å². The summed E-state index contributed by atoms with van der Waals surface area (Å²) in [4.78, 5) is 19.8. The number of hydrogen-bond acceptors (Lipinski definition) is 2. The number of carbonyl (C=O) groups is 2. The van der Waals surface area contributed by atoms with Crippen molar-refractivity contribution in [3.63, 3.8) is 0 Å². The zero-order chi connectivity index (χ0) is 13.1. The molecule has 0 amide bonds. The second kappa shape index (κ2) is 10.5. The molecule has 0 spiro atoms. The fourth-order valence-electron chi connectivity index (χ4n) is 0.824. The number of carboxylic acids is 2. The summed E-state index contributed by atoms with van der Waals surface area (Å²) in [7, 11) is 0. The molecule has 0 atom stereocenters. The van der Waals surface area contributed by atoms with E-state index in [2.05, 4.69) is 0 Å². The van der Waals surface area contributed by atoms with E-state index in [1.807, 2.05) is 27.7 Å². The SMILES string of the molecule is CC(C)CCC(=O)O.CC(C)CCC(=O)O. The van der Waals surface area contributed by atoms with Crippen molar-refractivity contribution in [2.45, 2.75) is 53.4 Å². The molecule has 0 bridgehead atoms. The van der Waals surface area contributed by atoms with E-state index < -0.39 is 11.9 Å². The molecule has 0 aliphatic heterocycles. The molecule has 0 aliphatic rings. The molecular formula is C12H24O4. The summed E-state index contributed by atoms with van der Waals surface area (Å²) in [6.45, 7) is 8.07. The molecule has 0 aromatic rings. The Kier molecular flexibility index (Phi) is 11.3. The van der Waals surface area contributed by atoms with Gasteiger partial charge in [-0.3, -0.25) is 9.59 Å². The predicted octanol–water partition coefficient (Wildman–Crippen LogP) is 3.01. The molecule has 0 rings (SSSR count). The molecule has 16 heavy (non-hydrogen) atoms. The van der Waals surface area contributed by atoms with Gasteiger partial charge in [0.15, 0.2) is 0 Å². The van der Waals surface area contributed by atoms with Crippen LogP contribution in [0.2, 0.25) is 0 Å². The van der Waals surface area contributed by atoms with Gasteiger partial charge in [-0.1, -0.05) is 27.7 Å². The van der Waals surface area contributed by atoms with E-state index >= 15 is 0 Å². The maximum Gasteiger partial charge on any atom is 0.303 e. The third-order valence-electron chi connectivity index (χ3n) is 1.87. The molecular weight excluding hydrogens is 208 g/mol. The van der Waals surface area contributed by atoms with Crippen LogP contribution in [0, 0.1) is 11.8 Å². The van der Waals surface area contributed by atoms with E-state index in [1.54, 1.807) is 0 Å². The second-order valence-corrected chi connectivity index (χ2v) is 4.65. The zero-order valence-electron chi connectivity index (χ0n) is 10.7. The summed E-state index contributed by atoms with van der Waals surface area (Å²) >= 11 is 0. The third kappa shape index (κ3) is 23.1. The maximum atomic E-state index is 9.90. The first kappa shape index (κ1) is 17.3. The summed E-state index contributed by atoms with van der Waals surface area (Å²) in [6, 6.07) is 0. The van der Waals surface area contributed by atoms with Gasteiger partial charge in [0.05, 0.1) is 0 Å². The Morgan fingerprint density at radius 2 is 1.06 bits per heavy atom. The summed E-state index contributed by atoms with van der Waals surface area (Å²) in [5, 5.41) is 16.3. The minimum atomic E-state index is -0.696. The summed E-state index contributed by atoms with van der Waals surface area (Å²) in [6.07, 6.45) is 2.18. The number of hydrogen-bond donors (Lipinski definition) is 2. The smallest absolute Gasteiger partial charge is 0.303 e. The first-order chi connectivity index (χ1) is 7.25. The van der Waals surface area contributed by atoms with Crippen molar-refractivity contribution < 1.29 is 19.8 Å². The van der Waals surface area contributed by atoms with Gasteiger partial charge in [-0.15, -0.1) is 0 Å². The zero-order valence-corrected chi connectivity index (χ0v) is 10.7. The first-order valence-electron chi connectivity index (χ1n) is 5.69. The number of rotatable bonds is 6. The van der Waals surface area contributed by atoms with Crippen LogP contribution >= 0.6 is 0 Å². The van der Waals surface area contributed by atoms with Crippen LogP contribution in [0.3, 0.4) is 0 Å². The van der Waals surface area contributed by atoms with Crippen molar-refractivity contribution in [1.82, 2.24) is 0 Å². The third-order valence-corrected chi connectivity index (χ3v) is 1.87. The highest BCUT2D eigenvalue weighted by Gasteiger charge is 1.98. The maximum absolute atomic E-state index is 9.90. The van der Waals surface area contributed by atoms with Crippen molar-refractivity contribution in [3.05, 3.63) is 0 Å². The van der Waals surface area contributed by atoms with E-state index in [0.29, 0.717) is 24.7 Å². The highest BCUT2D eigenvalue weighted by atomic mass is 16.4. The largest absolute Gasteiger partial charge is 0.481 e. The Balaban J connectivity index is 0. The molecule has 96 valence electrons. The van der Waals surface area contributed by atoms with Crippen LogP contribution in [0.4, 0.5) is 0 Å². The molecule has 0 saturated heterocycles. The molecule has 0 unspecified atom stereocenters. The Labute approximate surface area is 97.7 Å². The van der Waals surface area contributed by atoms with Crippen LogP contribution in [-0.4, -0.2) is 22.2 Å². The van der Waals surface area contributed by atoms with E-state index in [-0.39, 0.29) is 0 Å². The van der Waals surface area contributed by atoms with Crippen LogP contribution in [-0.2, 0) is 9.59 Å². The molecule has 0 radical (unpaired) electrons. The van der Waals surface area contributed by atoms with E-state index in [9.17, 15) is 9.59 Å². The van der Waals surface area contributed by atoms with Gasteiger partial charge >= 0.3 is 11.9 Å².